The number of benzene rings is 1. The monoisotopic (exact) mass is 518 g/mol. The summed E-state index contributed by atoms with van der Waals surface area (Å²) in [7, 11) is 0. The van der Waals surface area contributed by atoms with Crippen LogP contribution < -0.4 is 4.74 Å². The first kappa shape index (κ1) is 27.8. The van der Waals surface area contributed by atoms with Crippen LogP contribution in [-0.2, 0) is 30.3 Å². The van der Waals surface area contributed by atoms with Gasteiger partial charge in [-0.3, -0.25) is 19.3 Å². The third kappa shape index (κ3) is 6.28. The lowest BCUT2D eigenvalue weighted by atomic mass is 9.77. The maximum Gasteiger partial charge on any atom is 0.308 e. The summed E-state index contributed by atoms with van der Waals surface area (Å²) in [5.41, 5.74) is 1.66. The van der Waals surface area contributed by atoms with Crippen molar-refractivity contribution in [1.82, 2.24) is 9.96 Å². The Kier molecular flexibility index (Phi) is 9.11. The number of carbonyl (C=O) groups excluding carboxylic acids is 1. The number of amides is 1. The van der Waals surface area contributed by atoms with Gasteiger partial charge in [-0.25, -0.2) is 5.06 Å². The van der Waals surface area contributed by atoms with Crippen LogP contribution in [0, 0.1) is 11.3 Å². The number of hydrogen-bond acceptors (Lipinski definition) is 7. The molecule has 4 rings (SSSR count). The molecule has 1 aromatic rings. The molecule has 0 bridgehead atoms. The Labute approximate surface area is 219 Å². The number of hydrogen-bond donors (Lipinski definition) is 1. The number of carbonyl (C=O) groups is 2. The lowest BCUT2D eigenvalue weighted by Crippen LogP contribution is -2.47. The fourth-order valence-electron chi connectivity index (χ4n) is 5.88. The molecular formula is C28H42N2O7. The van der Waals surface area contributed by atoms with Crippen LogP contribution in [0.3, 0.4) is 0 Å². The Hall–Kier alpha value is -2.20. The number of nitrogens with zero attached hydrogens (tertiary/aromatic N) is 2. The van der Waals surface area contributed by atoms with Crippen LogP contribution in [0.25, 0.3) is 0 Å². The highest BCUT2D eigenvalue weighted by Gasteiger charge is 2.50. The summed E-state index contributed by atoms with van der Waals surface area (Å²) in [4.78, 5) is 34.0. The molecule has 0 aromatic heterocycles. The first-order valence-corrected chi connectivity index (χ1v) is 13.6. The normalized spacial score (nSPS) is 24.3. The van der Waals surface area contributed by atoms with Gasteiger partial charge in [-0.15, -0.1) is 0 Å². The van der Waals surface area contributed by atoms with Crippen LogP contribution in [0.2, 0.25) is 0 Å². The summed E-state index contributed by atoms with van der Waals surface area (Å²) in [6, 6.07) is 5.65. The van der Waals surface area contributed by atoms with E-state index < -0.39 is 23.6 Å². The minimum absolute atomic E-state index is 0.102. The van der Waals surface area contributed by atoms with E-state index >= 15 is 0 Å². The maximum atomic E-state index is 13.4. The van der Waals surface area contributed by atoms with Gasteiger partial charge in [-0.05, 0) is 36.5 Å². The quantitative estimate of drug-likeness (QED) is 0.420. The van der Waals surface area contributed by atoms with Gasteiger partial charge in [0.2, 0.25) is 0 Å². The van der Waals surface area contributed by atoms with E-state index in [-0.39, 0.29) is 24.4 Å². The van der Waals surface area contributed by atoms with Crippen LogP contribution in [-0.4, -0.2) is 85.3 Å². The van der Waals surface area contributed by atoms with Crippen molar-refractivity contribution in [2.24, 2.45) is 11.3 Å². The van der Waals surface area contributed by atoms with Crippen LogP contribution in [0.1, 0.15) is 64.0 Å². The first-order valence-electron chi connectivity index (χ1n) is 13.6. The highest BCUT2D eigenvalue weighted by molar-refractivity contribution is 5.78. The van der Waals surface area contributed by atoms with Gasteiger partial charge in [0.1, 0.15) is 5.75 Å². The molecule has 3 aliphatic heterocycles. The maximum absolute atomic E-state index is 13.4. The average molecular weight is 519 g/mol. The van der Waals surface area contributed by atoms with Crippen molar-refractivity contribution in [2.45, 2.75) is 71.6 Å². The van der Waals surface area contributed by atoms with Gasteiger partial charge in [0, 0.05) is 36.9 Å². The van der Waals surface area contributed by atoms with Gasteiger partial charge in [0.05, 0.1) is 38.9 Å². The lowest BCUT2D eigenvalue weighted by Gasteiger charge is -2.37. The summed E-state index contributed by atoms with van der Waals surface area (Å²) >= 11 is 0. The fourth-order valence-corrected chi connectivity index (χ4v) is 5.88. The first-order chi connectivity index (χ1) is 17.7. The van der Waals surface area contributed by atoms with Crippen molar-refractivity contribution in [3.8, 4) is 5.75 Å². The molecular weight excluding hydrogens is 476 g/mol. The second kappa shape index (κ2) is 12.1. The molecule has 0 radical (unpaired) electrons. The van der Waals surface area contributed by atoms with Gasteiger partial charge < -0.3 is 19.3 Å². The Bertz CT molecular complexity index is 946. The third-order valence-corrected chi connectivity index (χ3v) is 7.66. The van der Waals surface area contributed by atoms with Crippen molar-refractivity contribution in [3.05, 3.63) is 29.3 Å². The molecule has 3 heterocycles. The minimum atomic E-state index is -0.849. The number of carboxylic acids is 1. The van der Waals surface area contributed by atoms with Crippen molar-refractivity contribution >= 4 is 11.9 Å². The van der Waals surface area contributed by atoms with Gasteiger partial charge >= 0.3 is 5.97 Å². The standard InChI is InChI=1S/C28H42N2O7/c1-5-10-30(37-11-6-2)24(31)18-29-17-21(19-7-8-23-20(15-19)9-12-34-23)25(26(32)33)22(29)16-28(3,4)27-35-13-14-36-27/h7-8,15,21-22,25,27H,5-6,9-14,16-18H2,1-4H3,(H,32,33). The molecule has 3 unspecified atom stereocenters. The molecule has 0 spiro atoms. The summed E-state index contributed by atoms with van der Waals surface area (Å²) < 4.78 is 17.3. The summed E-state index contributed by atoms with van der Waals surface area (Å²) in [6.45, 7) is 11.4. The SMILES string of the molecule is CCCON(CCC)C(=O)CN1CC(c2ccc3c(c2)CCO3)C(C(=O)O)C1CC(C)(C)C1OCCO1. The van der Waals surface area contributed by atoms with E-state index in [1.54, 1.807) is 0 Å². The number of carboxylic acid groups (broad SMARTS) is 1. The third-order valence-electron chi connectivity index (χ3n) is 7.66. The number of hydroxylamine groups is 2. The van der Waals surface area contributed by atoms with Crippen molar-refractivity contribution in [2.75, 3.05) is 46.1 Å². The molecule has 2 fully saturated rings. The van der Waals surface area contributed by atoms with Gasteiger partial charge in [0.25, 0.3) is 5.91 Å². The minimum Gasteiger partial charge on any atom is -0.493 e. The Morgan fingerprint density at radius 2 is 1.92 bits per heavy atom. The average Bonchev–Trinajstić information content (AvgIpc) is 3.61. The van der Waals surface area contributed by atoms with E-state index in [1.807, 2.05) is 30.9 Å². The Morgan fingerprint density at radius 1 is 1.16 bits per heavy atom. The lowest BCUT2D eigenvalue weighted by molar-refractivity contribution is -0.188. The molecule has 9 nitrogen and oxygen atoms in total. The zero-order valence-electron chi connectivity index (χ0n) is 22.6. The predicted octanol–water partition coefficient (Wildman–Crippen LogP) is 3.46. The van der Waals surface area contributed by atoms with E-state index in [9.17, 15) is 14.7 Å². The van der Waals surface area contributed by atoms with Gasteiger partial charge in [0.15, 0.2) is 6.29 Å². The largest absolute Gasteiger partial charge is 0.493 e. The molecule has 37 heavy (non-hydrogen) atoms. The fraction of sp³-hybridized carbons (Fsp3) is 0.714. The van der Waals surface area contributed by atoms with Crippen LogP contribution in [0.4, 0.5) is 0 Å². The smallest absolute Gasteiger partial charge is 0.308 e. The number of likely N-dealkylation sites (tertiary alicyclic amines) is 1. The van der Waals surface area contributed by atoms with Crippen LogP contribution in [0.5, 0.6) is 5.75 Å². The molecule has 2 saturated heterocycles. The Balaban J connectivity index is 1.63. The van der Waals surface area contributed by atoms with E-state index in [0.717, 1.165) is 36.1 Å². The number of rotatable bonds is 12. The molecule has 0 saturated carbocycles. The van der Waals surface area contributed by atoms with E-state index in [1.165, 1.54) is 5.06 Å². The highest BCUT2D eigenvalue weighted by atomic mass is 16.7. The summed E-state index contributed by atoms with van der Waals surface area (Å²) in [5.74, 6) is -1.04. The van der Waals surface area contributed by atoms with Crippen LogP contribution >= 0.6 is 0 Å². The molecule has 1 amide bonds. The van der Waals surface area contributed by atoms with Crippen molar-refractivity contribution < 1.29 is 33.7 Å². The Morgan fingerprint density at radius 3 is 2.59 bits per heavy atom. The van der Waals surface area contributed by atoms with Crippen molar-refractivity contribution in [1.29, 1.82) is 0 Å². The second-order valence-corrected chi connectivity index (χ2v) is 11.0. The highest BCUT2D eigenvalue weighted by Crippen LogP contribution is 2.45. The van der Waals surface area contributed by atoms with Gasteiger partial charge in [-0.2, -0.15) is 0 Å². The van der Waals surface area contributed by atoms with Gasteiger partial charge in [-0.1, -0.05) is 39.8 Å². The molecule has 3 aliphatic rings. The number of ether oxygens (including phenoxy) is 3. The summed E-state index contributed by atoms with van der Waals surface area (Å²) in [6.07, 6.45) is 2.53. The van der Waals surface area contributed by atoms with Crippen LogP contribution in [0.15, 0.2) is 18.2 Å². The molecule has 3 atom stereocenters. The van der Waals surface area contributed by atoms with Crippen molar-refractivity contribution in [3.63, 3.8) is 0 Å². The zero-order chi connectivity index (χ0) is 26.6. The molecule has 1 N–H and O–H groups in total. The van der Waals surface area contributed by atoms with E-state index in [0.29, 0.717) is 45.9 Å². The molecule has 1 aromatic carbocycles. The summed E-state index contributed by atoms with van der Waals surface area (Å²) in [5, 5.41) is 11.9. The topological polar surface area (TPSA) is 97.8 Å². The second-order valence-electron chi connectivity index (χ2n) is 11.0. The predicted molar refractivity (Wildman–Crippen MR) is 137 cm³/mol. The molecule has 206 valence electrons. The number of aliphatic carboxylic acids is 1. The molecule has 0 aliphatic carbocycles. The number of fused-ring (bicyclic) bond motifs is 1. The van der Waals surface area contributed by atoms with E-state index in [4.69, 9.17) is 19.0 Å². The zero-order valence-corrected chi connectivity index (χ0v) is 22.6. The van der Waals surface area contributed by atoms with E-state index in [2.05, 4.69) is 19.9 Å². The molecule has 9 heteroatoms.